The molecule has 1 aliphatic rings. The largest absolute Gasteiger partial charge is 0.497 e. The van der Waals surface area contributed by atoms with Crippen LogP contribution in [0.3, 0.4) is 0 Å². The molecule has 19 heavy (non-hydrogen) atoms. The van der Waals surface area contributed by atoms with E-state index in [-0.39, 0.29) is 10.1 Å². The van der Waals surface area contributed by atoms with Crippen molar-refractivity contribution in [3.63, 3.8) is 0 Å². The van der Waals surface area contributed by atoms with Gasteiger partial charge in [0.2, 0.25) is 0 Å². The van der Waals surface area contributed by atoms with E-state index in [0.717, 1.165) is 38.5 Å². The van der Waals surface area contributed by atoms with E-state index in [1.807, 2.05) is 0 Å². The lowest BCUT2D eigenvalue weighted by Crippen LogP contribution is -2.21. The summed E-state index contributed by atoms with van der Waals surface area (Å²) < 4.78 is 30.5. The van der Waals surface area contributed by atoms with Crippen molar-refractivity contribution >= 4 is 15.5 Å². The van der Waals surface area contributed by atoms with Crippen LogP contribution in [0.25, 0.3) is 0 Å². The van der Waals surface area contributed by atoms with Gasteiger partial charge in [0.25, 0.3) is 0 Å². The number of ether oxygens (including phenoxy) is 1. The van der Waals surface area contributed by atoms with E-state index in [1.54, 1.807) is 12.1 Å². The average molecular weight is 283 g/mol. The Morgan fingerprint density at radius 1 is 1.16 bits per heavy atom. The number of nitrogens with two attached hydrogens (primary N) is 1. The van der Waals surface area contributed by atoms with Crippen molar-refractivity contribution in [1.29, 1.82) is 0 Å². The maximum absolute atomic E-state index is 12.7. The average Bonchev–Trinajstić information content (AvgIpc) is 2.68. The maximum Gasteiger partial charge on any atom is 0.183 e. The Kier molecular flexibility index (Phi) is 4.34. The summed E-state index contributed by atoms with van der Waals surface area (Å²) in [6.07, 6.45) is 5.68. The predicted molar refractivity (Wildman–Crippen MR) is 76.1 cm³/mol. The number of benzene rings is 1. The highest BCUT2D eigenvalue weighted by Gasteiger charge is 2.29. The molecule has 0 bridgehead atoms. The minimum atomic E-state index is -3.35. The third-order valence-electron chi connectivity index (χ3n) is 3.77. The third-order valence-corrected chi connectivity index (χ3v) is 6.08. The van der Waals surface area contributed by atoms with Crippen LogP contribution < -0.4 is 10.5 Å². The molecule has 4 nitrogen and oxygen atoms in total. The van der Waals surface area contributed by atoms with Crippen LogP contribution in [0.1, 0.15) is 38.5 Å². The van der Waals surface area contributed by atoms with E-state index in [2.05, 4.69) is 0 Å². The first-order valence-electron chi connectivity index (χ1n) is 6.73. The van der Waals surface area contributed by atoms with Crippen molar-refractivity contribution in [2.45, 2.75) is 48.7 Å². The molecule has 0 aromatic heterocycles. The fourth-order valence-electron chi connectivity index (χ4n) is 2.62. The van der Waals surface area contributed by atoms with Gasteiger partial charge in [-0.3, -0.25) is 0 Å². The van der Waals surface area contributed by atoms with Gasteiger partial charge < -0.3 is 10.5 Å². The van der Waals surface area contributed by atoms with Crippen molar-refractivity contribution in [2.24, 2.45) is 0 Å². The maximum atomic E-state index is 12.7. The number of methoxy groups -OCH3 is 1. The van der Waals surface area contributed by atoms with Crippen LogP contribution in [-0.4, -0.2) is 20.8 Å². The first-order valence-corrected chi connectivity index (χ1v) is 8.28. The van der Waals surface area contributed by atoms with Crippen LogP contribution in [0.4, 0.5) is 5.69 Å². The number of hydrogen-bond donors (Lipinski definition) is 1. The van der Waals surface area contributed by atoms with Crippen molar-refractivity contribution in [1.82, 2.24) is 0 Å². The van der Waals surface area contributed by atoms with Gasteiger partial charge in [0.1, 0.15) is 5.75 Å². The third kappa shape index (κ3) is 3.03. The zero-order valence-electron chi connectivity index (χ0n) is 11.3. The number of anilines is 1. The summed E-state index contributed by atoms with van der Waals surface area (Å²) in [5.41, 5.74) is 6.15. The second kappa shape index (κ2) is 5.82. The summed E-state index contributed by atoms with van der Waals surface area (Å²) in [4.78, 5) is 0.221. The molecule has 5 heteroatoms. The van der Waals surface area contributed by atoms with E-state index in [9.17, 15) is 8.42 Å². The first kappa shape index (κ1) is 14.2. The monoisotopic (exact) mass is 283 g/mol. The van der Waals surface area contributed by atoms with Gasteiger partial charge in [-0.25, -0.2) is 8.42 Å². The van der Waals surface area contributed by atoms with E-state index in [1.165, 1.54) is 13.2 Å². The molecule has 0 saturated heterocycles. The van der Waals surface area contributed by atoms with E-state index < -0.39 is 9.84 Å². The van der Waals surface area contributed by atoms with Crippen LogP contribution in [0.2, 0.25) is 0 Å². The van der Waals surface area contributed by atoms with Crippen molar-refractivity contribution in [3.05, 3.63) is 18.2 Å². The Balaban J connectivity index is 2.37. The number of hydrogen-bond acceptors (Lipinski definition) is 4. The first-order chi connectivity index (χ1) is 9.05. The van der Waals surface area contributed by atoms with E-state index in [4.69, 9.17) is 10.5 Å². The zero-order chi connectivity index (χ0) is 13.9. The minimum absolute atomic E-state index is 0.221. The highest BCUT2D eigenvalue weighted by atomic mass is 32.2. The smallest absolute Gasteiger partial charge is 0.183 e. The topological polar surface area (TPSA) is 69.4 Å². The van der Waals surface area contributed by atoms with Gasteiger partial charge in [-0.15, -0.1) is 0 Å². The van der Waals surface area contributed by atoms with Gasteiger partial charge in [-0.2, -0.15) is 0 Å². The molecule has 0 atom stereocenters. The van der Waals surface area contributed by atoms with Crippen LogP contribution in [0.5, 0.6) is 5.75 Å². The molecule has 0 aliphatic heterocycles. The second-order valence-electron chi connectivity index (χ2n) is 5.06. The van der Waals surface area contributed by atoms with Gasteiger partial charge >= 0.3 is 0 Å². The van der Waals surface area contributed by atoms with Crippen molar-refractivity contribution < 1.29 is 13.2 Å². The summed E-state index contributed by atoms with van der Waals surface area (Å²) in [5, 5.41) is -0.301. The second-order valence-corrected chi connectivity index (χ2v) is 7.26. The molecule has 2 rings (SSSR count). The Labute approximate surface area is 114 Å². The number of nitrogen functional groups attached to an aromatic ring is 1. The Bertz CT molecular complexity index is 532. The summed E-state index contributed by atoms with van der Waals surface area (Å²) >= 11 is 0. The summed E-state index contributed by atoms with van der Waals surface area (Å²) in [7, 11) is -1.83. The quantitative estimate of drug-likeness (QED) is 0.684. The molecular formula is C14H21NO3S. The molecule has 1 fully saturated rings. The molecule has 0 radical (unpaired) electrons. The van der Waals surface area contributed by atoms with Crippen LogP contribution in [0, 0.1) is 0 Å². The lowest BCUT2D eigenvalue weighted by molar-refractivity contribution is 0.413. The fourth-order valence-corrected chi connectivity index (χ4v) is 4.61. The van der Waals surface area contributed by atoms with Gasteiger partial charge in [0.05, 0.1) is 22.9 Å². The van der Waals surface area contributed by atoms with E-state index in [0.29, 0.717) is 11.4 Å². The SMILES string of the molecule is COc1ccc(N)c(S(=O)(=O)C2CCCCCC2)c1. The normalized spacial score (nSPS) is 17.9. The Morgan fingerprint density at radius 3 is 2.37 bits per heavy atom. The van der Waals surface area contributed by atoms with Gasteiger partial charge in [0.15, 0.2) is 9.84 Å². The molecule has 2 N–H and O–H groups in total. The molecule has 1 aromatic rings. The molecule has 0 heterocycles. The number of sulfone groups is 1. The molecule has 1 aliphatic carbocycles. The lowest BCUT2D eigenvalue weighted by Gasteiger charge is -2.17. The highest BCUT2D eigenvalue weighted by molar-refractivity contribution is 7.92. The fraction of sp³-hybridized carbons (Fsp3) is 0.571. The standard InChI is InChI=1S/C14H21NO3S/c1-18-11-8-9-13(15)14(10-11)19(16,17)12-6-4-2-3-5-7-12/h8-10,12H,2-7,15H2,1H3. The molecular weight excluding hydrogens is 262 g/mol. The van der Waals surface area contributed by atoms with Gasteiger partial charge in [-0.1, -0.05) is 25.7 Å². The van der Waals surface area contributed by atoms with Crippen LogP contribution in [-0.2, 0) is 9.84 Å². The minimum Gasteiger partial charge on any atom is -0.497 e. The molecule has 0 spiro atoms. The predicted octanol–water partition coefficient (Wildman–Crippen LogP) is 2.77. The van der Waals surface area contributed by atoms with Crippen LogP contribution >= 0.6 is 0 Å². The van der Waals surface area contributed by atoms with Gasteiger partial charge in [0, 0.05) is 6.07 Å². The summed E-state index contributed by atoms with van der Waals surface area (Å²) in [6.45, 7) is 0. The molecule has 106 valence electrons. The van der Waals surface area contributed by atoms with Crippen LogP contribution in [0.15, 0.2) is 23.1 Å². The molecule has 0 unspecified atom stereocenters. The Morgan fingerprint density at radius 2 is 1.79 bits per heavy atom. The van der Waals surface area contributed by atoms with E-state index >= 15 is 0 Å². The summed E-state index contributed by atoms with van der Waals surface area (Å²) in [5.74, 6) is 0.529. The molecule has 1 aromatic carbocycles. The lowest BCUT2D eigenvalue weighted by atomic mass is 10.2. The van der Waals surface area contributed by atoms with Crippen molar-refractivity contribution in [3.8, 4) is 5.75 Å². The molecule has 1 saturated carbocycles. The molecule has 0 amide bonds. The van der Waals surface area contributed by atoms with Gasteiger partial charge in [-0.05, 0) is 25.0 Å². The Hall–Kier alpha value is -1.23. The number of rotatable bonds is 3. The summed E-state index contributed by atoms with van der Waals surface area (Å²) in [6, 6.07) is 4.82. The highest BCUT2D eigenvalue weighted by Crippen LogP contribution is 2.32. The van der Waals surface area contributed by atoms with Crippen molar-refractivity contribution in [2.75, 3.05) is 12.8 Å². The zero-order valence-corrected chi connectivity index (χ0v) is 12.1.